The zero-order valence-electron chi connectivity index (χ0n) is 12.1. The summed E-state index contributed by atoms with van der Waals surface area (Å²) in [6.45, 7) is 7.86. The molecule has 0 fully saturated rings. The second-order valence-electron chi connectivity index (χ2n) is 5.53. The van der Waals surface area contributed by atoms with Crippen molar-refractivity contribution in [3.63, 3.8) is 0 Å². The van der Waals surface area contributed by atoms with E-state index >= 15 is 0 Å². The molecular weight excluding hydrogens is 258 g/mol. The third-order valence-corrected chi connectivity index (χ3v) is 2.74. The highest BCUT2D eigenvalue weighted by Crippen LogP contribution is 2.18. The molecule has 0 bridgehead atoms. The molecule has 0 saturated carbocycles. The summed E-state index contributed by atoms with van der Waals surface area (Å²) in [6, 6.07) is 5.23. The first-order valence-electron chi connectivity index (χ1n) is 6.53. The Morgan fingerprint density at radius 3 is 2.70 bits per heavy atom. The van der Waals surface area contributed by atoms with Gasteiger partial charge in [-0.25, -0.2) is 9.59 Å². The van der Waals surface area contributed by atoms with Gasteiger partial charge in [-0.1, -0.05) is 0 Å². The van der Waals surface area contributed by atoms with Gasteiger partial charge >= 0.3 is 11.8 Å². The van der Waals surface area contributed by atoms with Crippen molar-refractivity contribution in [3.05, 3.63) is 28.7 Å². The predicted octanol–water partition coefficient (Wildman–Crippen LogP) is 2.70. The van der Waals surface area contributed by atoms with Gasteiger partial charge in [-0.2, -0.15) is 0 Å². The number of aromatic nitrogens is 2. The van der Waals surface area contributed by atoms with E-state index in [1.165, 1.54) is 0 Å². The van der Waals surface area contributed by atoms with Crippen molar-refractivity contribution in [1.29, 1.82) is 0 Å². The molecule has 0 aliphatic carbocycles. The van der Waals surface area contributed by atoms with Crippen molar-refractivity contribution in [3.8, 4) is 0 Å². The number of benzene rings is 1. The molecule has 0 radical (unpaired) electrons. The van der Waals surface area contributed by atoms with Crippen molar-refractivity contribution < 1.29 is 9.53 Å². The maximum atomic E-state index is 11.7. The predicted molar refractivity (Wildman–Crippen MR) is 78.1 cm³/mol. The molecule has 0 aliphatic heterocycles. The van der Waals surface area contributed by atoms with E-state index in [0.717, 1.165) is 11.0 Å². The fourth-order valence-electron chi connectivity index (χ4n) is 1.97. The van der Waals surface area contributed by atoms with Crippen LogP contribution in [0.4, 0.5) is 10.5 Å². The Kier molecular flexibility index (Phi) is 3.57. The number of fused-ring (bicyclic) bond motifs is 1. The van der Waals surface area contributed by atoms with Gasteiger partial charge < -0.3 is 9.72 Å². The van der Waals surface area contributed by atoms with Crippen molar-refractivity contribution >= 4 is 22.8 Å². The van der Waals surface area contributed by atoms with Crippen LogP contribution in [0.5, 0.6) is 0 Å². The van der Waals surface area contributed by atoms with E-state index in [9.17, 15) is 9.59 Å². The minimum absolute atomic E-state index is 0.156. The second-order valence-corrected chi connectivity index (χ2v) is 5.53. The number of carbonyl (C=O) groups excluding carboxylic acids is 1. The molecule has 20 heavy (non-hydrogen) atoms. The average molecular weight is 277 g/mol. The van der Waals surface area contributed by atoms with Gasteiger partial charge in [-0.05, 0) is 45.9 Å². The zero-order valence-corrected chi connectivity index (χ0v) is 12.1. The molecule has 108 valence electrons. The smallest absolute Gasteiger partial charge is 0.412 e. The van der Waals surface area contributed by atoms with Crippen LogP contribution < -0.4 is 11.0 Å². The Morgan fingerprint density at radius 1 is 1.40 bits per heavy atom. The number of anilines is 1. The molecule has 2 rings (SSSR count). The minimum Gasteiger partial charge on any atom is -0.444 e. The first-order chi connectivity index (χ1) is 9.30. The van der Waals surface area contributed by atoms with E-state index < -0.39 is 11.7 Å². The summed E-state index contributed by atoms with van der Waals surface area (Å²) in [6.07, 6.45) is -0.516. The van der Waals surface area contributed by atoms with E-state index in [2.05, 4.69) is 10.3 Å². The van der Waals surface area contributed by atoms with Crippen molar-refractivity contribution in [2.75, 3.05) is 5.32 Å². The monoisotopic (exact) mass is 277 g/mol. The summed E-state index contributed by atoms with van der Waals surface area (Å²) < 4.78 is 6.80. The minimum atomic E-state index is -0.548. The van der Waals surface area contributed by atoms with Gasteiger partial charge in [0.15, 0.2) is 0 Å². The highest BCUT2D eigenvalue weighted by molar-refractivity contribution is 5.88. The molecule has 6 nitrogen and oxygen atoms in total. The first-order valence-corrected chi connectivity index (χ1v) is 6.53. The molecule has 1 aromatic heterocycles. The summed E-state index contributed by atoms with van der Waals surface area (Å²) in [5.41, 5.74) is 1.39. The van der Waals surface area contributed by atoms with Crippen LogP contribution >= 0.6 is 0 Å². The molecule has 1 aromatic carbocycles. The highest BCUT2D eigenvalue weighted by Gasteiger charge is 2.16. The topological polar surface area (TPSA) is 76.1 Å². The number of hydrogen-bond donors (Lipinski definition) is 2. The second kappa shape index (κ2) is 5.03. The van der Waals surface area contributed by atoms with Crippen LogP contribution in [-0.2, 0) is 11.3 Å². The lowest BCUT2D eigenvalue weighted by atomic mass is 10.2. The lowest BCUT2D eigenvalue weighted by molar-refractivity contribution is 0.0636. The number of hydrogen-bond acceptors (Lipinski definition) is 3. The third kappa shape index (κ3) is 3.01. The Morgan fingerprint density at radius 2 is 2.10 bits per heavy atom. The number of carbonyl (C=O) groups is 1. The van der Waals surface area contributed by atoms with Gasteiger partial charge in [0, 0.05) is 12.2 Å². The molecule has 0 aliphatic rings. The van der Waals surface area contributed by atoms with Gasteiger partial charge in [0.2, 0.25) is 0 Å². The largest absolute Gasteiger partial charge is 0.444 e. The van der Waals surface area contributed by atoms with Crippen LogP contribution in [0.1, 0.15) is 27.7 Å². The number of amides is 1. The van der Waals surface area contributed by atoms with E-state index in [-0.39, 0.29) is 5.69 Å². The van der Waals surface area contributed by atoms with Gasteiger partial charge in [0.1, 0.15) is 5.60 Å². The molecule has 0 spiro atoms. The van der Waals surface area contributed by atoms with E-state index in [1.54, 1.807) is 43.5 Å². The third-order valence-electron chi connectivity index (χ3n) is 2.74. The molecule has 2 aromatic rings. The number of rotatable bonds is 2. The number of aryl methyl sites for hydroxylation is 1. The molecule has 6 heteroatoms. The summed E-state index contributed by atoms with van der Waals surface area (Å²) in [5, 5.41) is 2.66. The summed E-state index contributed by atoms with van der Waals surface area (Å²) in [7, 11) is 0. The molecule has 0 atom stereocenters. The summed E-state index contributed by atoms with van der Waals surface area (Å²) >= 11 is 0. The average Bonchev–Trinajstić information content (AvgIpc) is 2.61. The molecule has 1 amide bonds. The van der Waals surface area contributed by atoms with Gasteiger partial charge in [-0.15, -0.1) is 0 Å². The SMILES string of the molecule is CCn1c(=O)[nH]c2ccc(NC(=O)OC(C)(C)C)cc21. The van der Waals surface area contributed by atoms with Gasteiger partial charge in [-0.3, -0.25) is 9.88 Å². The quantitative estimate of drug-likeness (QED) is 0.886. The number of aromatic amines is 1. The lowest BCUT2D eigenvalue weighted by Crippen LogP contribution is -2.27. The standard InChI is InChI=1S/C14H19N3O3/c1-5-17-11-8-9(6-7-10(11)16-12(17)18)15-13(19)20-14(2,3)4/h6-8H,5H2,1-4H3,(H,15,19)(H,16,18). The summed E-state index contributed by atoms with van der Waals surface area (Å²) in [5.74, 6) is 0. The lowest BCUT2D eigenvalue weighted by Gasteiger charge is -2.19. The Labute approximate surface area is 116 Å². The normalized spacial score (nSPS) is 11.6. The van der Waals surface area contributed by atoms with Crippen molar-refractivity contribution in [1.82, 2.24) is 9.55 Å². The number of imidazole rings is 1. The van der Waals surface area contributed by atoms with E-state index in [1.807, 2.05) is 6.92 Å². The van der Waals surface area contributed by atoms with Gasteiger partial charge in [0.25, 0.3) is 0 Å². The van der Waals surface area contributed by atoms with Crippen molar-refractivity contribution in [2.45, 2.75) is 39.8 Å². The Balaban J connectivity index is 2.28. The fraction of sp³-hybridized carbons (Fsp3) is 0.429. The van der Waals surface area contributed by atoms with Crippen molar-refractivity contribution in [2.24, 2.45) is 0 Å². The van der Waals surface area contributed by atoms with E-state index in [0.29, 0.717) is 12.2 Å². The molecule has 2 N–H and O–H groups in total. The number of H-pyrrole nitrogens is 1. The van der Waals surface area contributed by atoms with Crippen LogP contribution in [0, 0.1) is 0 Å². The van der Waals surface area contributed by atoms with Gasteiger partial charge in [0.05, 0.1) is 11.0 Å². The Bertz CT molecular complexity index is 692. The molecule has 1 heterocycles. The zero-order chi connectivity index (χ0) is 14.9. The molecule has 0 unspecified atom stereocenters. The number of nitrogens with one attached hydrogen (secondary N) is 2. The fourth-order valence-corrected chi connectivity index (χ4v) is 1.97. The molecule has 0 saturated heterocycles. The maximum absolute atomic E-state index is 11.7. The Hall–Kier alpha value is -2.24. The summed E-state index contributed by atoms with van der Waals surface area (Å²) in [4.78, 5) is 26.2. The highest BCUT2D eigenvalue weighted by atomic mass is 16.6. The number of ether oxygens (including phenoxy) is 1. The van der Waals surface area contributed by atoms with E-state index in [4.69, 9.17) is 4.74 Å². The maximum Gasteiger partial charge on any atom is 0.412 e. The van der Waals surface area contributed by atoms with Crippen LogP contribution in [-0.4, -0.2) is 21.2 Å². The molecular formula is C14H19N3O3. The van der Waals surface area contributed by atoms with Crippen LogP contribution in [0.3, 0.4) is 0 Å². The van der Waals surface area contributed by atoms with Crippen LogP contribution in [0.25, 0.3) is 11.0 Å². The van der Waals surface area contributed by atoms with Crippen LogP contribution in [0.15, 0.2) is 23.0 Å². The first kappa shape index (κ1) is 14.2. The van der Waals surface area contributed by atoms with Crippen LogP contribution in [0.2, 0.25) is 0 Å². The number of nitrogens with zero attached hydrogens (tertiary/aromatic N) is 1.